The molecule has 3 aromatic rings. The highest BCUT2D eigenvalue weighted by Gasteiger charge is 2.35. The van der Waals surface area contributed by atoms with Crippen molar-refractivity contribution in [2.75, 3.05) is 26.3 Å². The third kappa shape index (κ3) is 3.72. The van der Waals surface area contributed by atoms with E-state index in [0.717, 1.165) is 42.7 Å². The summed E-state index contributed by atoms with van der Waals surface area (Å²) in [5.74, 6) is 0.434. The van der Waals surface area contributed by atoms with Crippen molar-refractivity contribution in [1.29, 1.82) is 0 Å². The fourth-order valence-corrected chi connectivity index (χ4v) is 4.48. The minimum Gasteiger partial charge on any atom is -0.451 e. The van der Waals surface area contributed by atoms with Crippen LogP contribution >= 0.6 is 0 Å². The Morgan fingerprint density at radius 1 is 1.19 bits per heavy atom. The zero-order chi connectivity index (χ0) is 21.4. The van der Waals surface area contributed by atoms with Crippen molar-refractivity contribution in [3.63, 3.8) is 0 Å². The summed E-state index contributed by atoms with van der Waals surface area (Å²) in [5.41, 5.74) is 2.34. The van der Waals surface area contributed by atoms with Gasteiger partial charge in [0.15, 0.2) is 5.76 Å². The summed E-state index contributed by atoms with van der Waals surface area (Å²) in [5, 5.41) is 8.34. The Kier molecular flexibility index (Phi) is 5.23. The van der Waals surface area contributed by atoms with Gasteiger partial charge in [-0.1, -0.05) is 18.2 Å². The Balaban J connectivity index is 1.35. The Morgan fingerprint density at radius 2 is 2.00 bits per heavy atom. The minimum atomic E-state index is -0.563. The van der Waals surface area contributed by atoms with E-state index in [1.807, 2.05) is 37.3 Å². The first kappa shape index (κ1) is 19.8. The Bertz CT molecular complexity index is 1110. The Hall–Kier alpha value is -3.13. The van der Waals surface area contributed by atoms with Crippen molar-refractivity contribution < 1.29 is 18.7 Å². The monoisotopic (exact) mass is 422 g/mol. The van der Waals surface area contributed by atoms with Gasteiger partial charge in [0.2, 0.25) is 5.91 Å². The van der Waals surface area contributed by atoms with Gasteiger partial charge in [0.05, 0.1) is 18.8 Å². The summed E-state index contributed by atoms with van der Waals surface area (Å²) in [6.45, 7) is 4.64. The number of carbonyl (C=O) groups is 2. The van der Waals surface area contributed by atoms with Crippen molar-refractivity contribution in [2.45, 2.75) is 32.4 Å². The van der Waals surface area contributed by atoms with Crippen LogP contribution in [0.4, 0.5) is 0 Å². The van der Waals surface area contributed by atoms with E-state index in [1.54, 1.807) is 15.8 Å². The smallest absolute Gasteiger partial charge is 0.290 e. The number of para-hydroxylation sites is 1. The van der Waals surface area contributed by atoms with Crippen molar-refractivity contribution in [3.8, 4) is 0 Å². The van der Waals surface area contributed by atoms with Gasteiger partial charge in [-0.2, -0.15) is 5.10 Å². The number of nitrogens with zero attached hydrogens (tertiary/aromatic N) is 3. The Morgan fingerprint density at radius 3 is 2.81 bits per heavy atom. The summed E-state index contributed by atoms with van der Waals surface area (Å²) < 4.78 is 13.0. The second kappa shape index (κ2) is 8.19. The lowest BCUT2D eigenvalue weighted by atomic mass is 10.0. The van der Waals surface area contributed by atoms with Gasteiger partial charge in [0.1, 0.15) is 11.6 Å². The van der Waals surface area contributed by atoms with Crippen LogP contribution in [0.25, 0.3) is 11.0 Å². The number of carbonyl (C=O) groups excluding carboxylic acids is 2. The number of ether oxygens (including phenoxy) is 1. The van der Waals surface area contributed by atoms with E-state index in [9.17, 15) is 9.59 Å². The number of furan rings is 1. The van der Waals surface area contributed by atoms with Gasteiger partial charge in [-0.3, -0.25) is 14.3 Å². The molecule has 2 aromatic heterocycles. The van der Waals surface area contributed by atoms with Gasteiger partial charge in [-0.05, 0) is 37.8 Å². The van der Waals surface area contributed by atoms with E-state index < -0.39 is 6.04 Å². The summed E-state index contributed by atoms with van der Waals surface area (Å²) in [7, 11) is 0. The van der Waals surface area contributed by atoms with E-state index in [4.69, 9.17) is 9.15 Å². The molecule has 0 spiro atoms. The lowest BCUT2D eigenvalue weighted by molar-refractivity contribution is -0.126. The fourth-order valence-electron chi connectivity index (χ4n) is 4.48. The Labute approximate surface area is 180 Å². The summed E-state index contributed by atoms with van der Waals surface area (Å²) in [6.07, 6.45) is 3.58. The van der Waals surface area contributed by atoms with Crippen LogP contribution < -0.4 is 5.32 Å². The normalized spacial score (nSPS) is 19.4. The van der Waals surface area contributed by atoms with Crippen LogP contribution in [-0.2, 0) is 16.1 Å². The predicted octanol–water partition coefficient (Wildman–Crippen LogP) is 2.68. The number of benzene rings is 1. The molecule has 2 amide bonds. The molecular formula is C23H26N4O4. The van der Waals surface area contributed by atoms with E-state index in [2.05, 4.69) is 10.4 Å². The molecule has 2 aliphatic rings. The molecule has 0 unspecified atom stereocenters. The van der Waals surface area contributed by atoms with Crippen molar-refractivity contribution in [3.05, 3.63) is 53.5 Å². The molecule has 162 valence electrons. The van der Waals surface area contributed by atoms with Crippen molar-refractivity contribution >= 4 is 22.8 Å². The maximum absolute atomic E-state index is 13.4. The first-order valence-electron chi connectivity index (χ1n) is 10.8. The van der Waals surface area contributed by atoms with Gasteiger partial charge >= 0.3 is 0 Å². The molecule has 2 aliphatic heterocycles. The van der Waals surface area contributed by atoms with Gasteiger partial charge in [-0.15, -0.1) is 0 Å². The molecule has 1 fully saturated rings. The molecule has 0 saturated carbocycles. The summed E-state index contributed by atoms with van der Waals surface area (Å²) in [6, 6.07) is 8.91. The second-order valence-corrected chi connectivity index (χ2v) is 8.32. The predicted molar refractivity (Wildman–Crippen MR) is 114 cm³/mol. The van der Waals surface area contributed by atoms with Gasteiger partial charge < -0.3 is 19.4 Å². The van der Waals surface area contributed by atoms with Gasteiger partial charge in [0.25, 0.3) is 5.91 Å². The highest BCUT2D eigenvalue weighted by atomic mass is 16.5. The number of amides is 2. The van der Waals surface area contributed by atoms with Gasteiger partial charge in [0, 0.05) is 36.9 Å². The SMILES string of the molecule is Cc1c(C(=O)N2Cc3ccnn3[C@@H](C(=O)NCC3CCOCC3)C2)oc2ccccc12. The molecule has 0 radical (unpaired) electrons. The van der Waals surface area contributed by atoms with Crippen LogP contribution in [0, 0.1) is 12.8 Å². The topological polar surface area (TPSA) is 89.6 Å². The van der Waals surface area contributed by atoms with Crippen molar-refractivity contribution in [1.82, 2.24) is 20.0 Å². The first-order chi connectivity index (χ1) is 15.1. The molecule has 0 aliphatic carbocycles. The maximum Gasteiger partial charge on any atom is 0.290 e. The van der Waals surface area contributed by atoms with Crippen LogP contribution in [0.2, 0.25) is 0 Å². The number of fused-ring (bicyclic) bond motifs is 2. The molecule has 1 atom stereocenters. The number of hydrogen-bond donors (Lipinski definition) is 1. The van der Waals surface area contributed by atoms with Crippen LogP contribution in [0.15, 0.2) is 40.9 Å². The van der Waals surface area contributed by atoms with Crippen LogP contribution in [0.5, 0.6) is 0 Å². The molecule has 1 saturated heterocycles. The fraction of sp³-hybridized carbons (Fsp3) is 0.435. The number of aromatic nitrogens is 2. The van der Waals surface area contributed by atoms with E-state index in [1.165, 1.54) is 0 Å². The molecular weight excluding hydrogens is 396 g/mol. The highest BCUT2D eigenvalue weighted by molar-refractivity contribution is 5.99. The van der Waals surface area contributed by atoms with Crippen LogP contribution in [-0.4, -0.2) is 52.8 Å². The molecule has 8 nitrogen and oxygen atoms in total. The third-order valence-electron chi connectivity index (χ3n) is 6.33. The van der Waals surface area contributed by atoms with E-state index in [-0.39, 0.29) is 18.4 Å². The molecule has 5 rings (SSSR count). The second-order valence-electron chi connectivity index (χ2n) is 8.32. The molecule has 4 heterocycles. The zero-order valence-corrected chi connectivity index (χ0v) is 17.5. The number of aryl methyl sites for hydroxylation is 1. The summed E-state index contributed by atoms with van der Waals surface area (Å²) >= 11 is 0. The van der Waals surface area contributed by atoms with Crippen LogP contribution in [0.1, 0.15) is 40.7 Å². The molecule has 31 heavy (non-hydrogen) atoms. The van der Waals surface area contributed by atoms with E-state index >= 15 is 0 Å². The lowest BCUT2D eigenvalue weighted by Crippen LogP contribution is -2.48. The number of hydrogen-bond acceptors (Lipinski definition) is 5. The number of rotatable bonds is 4. The average Bonchev–Trinajstić information content (AvgIpc) is 3.41. The van der Waals surface area contributed by atoms with Crippen LogP contribution in [0.3, 0.4) is 0 Å². The molecule has 0 bridgehead atoms. The number of nitrogens with one attached hydrogen (secondary N) is 1. The zero-order valence-electron chi connectivity index (χ0n) is 17.5. The quantitative estimate of drug-likeness (QED) is 0.698. The average molecular weight is 422 g/mol. The largest absolute Gasteiger partial charge is 0.451 e. The van der Waals surface area contributed by atoms with Crippen molar-refractivity contribution in [2.24, 2.45) is 5.92 Å². The lowest BCUT2D eigenvalue weighted by Gasteiger charge is -2.33. The minimum absolute atomic E-state index is 0.115. The van der Waals surface area contributed by atoms with E-state index in [0.29, 0.717) is 30.4 Å². The molecule has 1 N–H and O–H groups in total. The first-order valence-corrected chi connectivity index (χ1v) is 10.8. The highest BCUT2D eigenvalue weighted by Crippen LogP contribution is 2.28. The maximum atomic E-state index is 13.4. The molecule has 1 aromatic carbocycles. The standard InChI is InChI=1S/C23H26N4O4/c1-15-18-4-2-3-5-20(18)31-21(15)23(29)26-13-17-6-9-25-27(17)19(14-26)22(28)24-12-16-7-10-30-11-8-16/h2-6,9,16,19H,7-8,10-14H2,1H3,(H,24,28)/t19-/m1/s1. The van der Waals surface area contributed by atoms with Gasteiger partial charge in [-0.25, -0.2) is 0 Å². The molecule has 8 heteroatoms. The summed E-state index contributed by atoms with van der Waals surface area (Å²) in [4.78, 5) is 28.1. The third-order valence-corrected chi connectivity index (χ3v) is 6.33.